The number of aromatic amines is 1. The maximum absolute atomic E-state index is 14.2. The molecule has 20 heteroatoms. The summed E-state index contributed by atoms with van der Waals surface area (Å²) in [5.74, 6) is -0.388. The van der Waals surface area contributed by atoms with Crippen molar-refractivity contribution in [3.05, 3.63) is 78.4 Å². The summed E-state index contributed by atoms with van der Waals surface area (Å²) < 4.78 is 55.9. The number of nitrogens with one attached hydrogen (secondary N) is 3. The van der Waals surface area contributed by atoms with E-state index in [-0.39, 0.29) is 65.4 Å². The lowest BCUT2D eigenvalue weighted by molar-refractivity contribution is -0.274. The summed E-state index contributed by atoms with van der Waals surface area (Å²) >= 11 is 0. The Hall–Kier alpha value is -6.70. The number of likely N-dealkylation sites (tertiary alicyclic amines) is 2. The van der Waals surface area contributed by atoms with Crippen molar-refractivity contribution in [2.45, 2.75) is 102 Å². The number of halogens is 3. The lowest BCUT2D eigenvalue weighted by Gasteiger charge is -2.42. The van der Waals surface area contributed by atoms with Gasteiger partial charge in [-0.25, -0.2) is 14.8 Å². The minimum Gasteiger partial charge on any atom is -0.453 e. The van der Waals surface area contributed by atoms with Gasteiger partial charge in [0, 0.05) is 56.5 Å². The Morgan fingerprint density at radius 1 is 0.886 bits per heavy atom. The van der Waals surface area contributed by atoms with Gasteiger partial charge in [-0.2, -0.15) is 0 Å². The van der Waals surface area contributed by atoms with Gasteiger partial charge in [-0.1, -0.05) is 51.0 Å². The summed E-state index contributed by atoms with van der Waals surface area (Å²) in [4.78, 5) is 86.0. The second-order valence-corrected chi connectivity index (χ2v) is 18.8. The Balaban J connectivity index is 0.929. The number of nitrogens with zero attached hydrogens (tertiary/aromatic N) is 6. The molecular formula is C50H60F3N9O8. The minimum atomic E-state index is -5.05. The average molecular weight is 972 g/mol. The first-order valence-corrected chi connectivity index (χ1v) is 23.9. The molecule has 8 rings (SSSR count). The van der Waals surface area contributed by atoms with E-state index in [9.17, 15) is 37.1 Å². The third-order valence-electron chi connectivity index (χ3n) is 14.0. The number of amides is 5. The van der Waals surface area contributed by atoms with Gasteiger partial charge in [-0.3, -0.25) is 19.2 Å². The smallest absolute Gasteiger partial charge is 0.453 e. The molecule has 4 aliphatic rings. The number of benzene rings is 2. The van der Waals surface area contributed by atoms with Gasteiger partial charge in [-0.05, 0) is 92.3 Å². The van der Waals surface area contributed by atoms with Crippen molar-refractivity contribution in [2.24, 2.45) is 11.8 Å². The second kappa shape index (κ2) is 21.1. The molecule has 70 heavy (non-hydrogen) atoms. The second-order valence-electron chi connectivity index (χ2n) is 18.8. The lowest BCUT2D eigenvalue weighted by atomic mass is 9.84. The predicted octanol–water partition coefficient (Wildman–Crippen LogP) is 7.18. The SMILES string of the molecule is COCC(=O)N1CCCC1C(=O)N1CCN(c2ccc(NC(=O)c3ccc(-c4ccc(-c5cnc([C@@H]6C[C@@H]7CCCC[C@@H]7N6C(=O)[C@@H](NC(=O)OC)C(C)C)[nH]5)cc4)c(OC(F)(F)F)c3)cn2)[C@H](C)C1. The van der Waals surface area contributed by atoms with Crippen molar-refractivity contribution < 1.29 is 51.4 Å². The summed E-state index contributed by atoms with van der Waals surface area (Å²) in [5, 5.41) is 5.44. The van der Waals surface area contributed by atoms with E-state index in [4.69, 9.17) is 14.5 Å². The molecule has 0 spiro atoms. The number of pyridine rings is 1. The molecule has 5 heterocycles. The van der Waals surface area contributed by atoms with Crippen LogP contribution in [0.3, 0.4) is 0 Å². The molecule has 6 atom stereocenters. The van der Waals surface area contributed by atoms with Crippen LogP contribution in [0.2, 0.25) is 0 Å². The molecule has 17 nitrogen and oxygen atoms in total. The molecule has 2 aromatic carbocycles. The molecule has 0 radical (unpaired) electrons. The molecule has 1 aliphatic carbocycles. The Labute approximate surface area is 404 Å². The van der Waals surface area contributed by atoms with E-state index in [1.54, 1.807) is 52.4 Å². The monoisotopic (exact) mass is 971 g/mol. The Bertz CT molecular complexity index is 2540. The zero-order valence-electron chi connectivity index (χ0n) is 40.0. The van der Waals surface area contributed by atoms with Crippen LogP contribution in [0.15, 0.2) is 67.0 Å². The highest BCUT2D eigenvalue weighted by Crippen LogP contribution is 2.46. The molecule has 1 unspecified atom stereocenters. The van der Waals surface area contributed by atoms with E-state index in [0.29, 0.717) is 66.8 Å². The van der Waals surface area contributed by atoms with Crippen LogP contribution in [-0.4, -0.2) is 137 Å². The normalized spacial score (nSPS) is 21.9. The molecule has 4 fully saturated rings. The summed E-state index contributed by atoms with van der Waals surface area (Å²) in [7, 11) is 2.71. The van der Waals surface area contributed by atoms with Crippen molar-refractivity contribution in [3.8, 4) is 28.1 Å². The van der Waals surface area contributed by atoms with Gasteiger partial charge < -0.3 is 49.4 Å². The number of rotatable bonds is 13. The number of anilines is 2. The Kier molecular flexibility index (Phi) is 15.0. The third kappa shape index (κ3) is 10.9. The van der Waals surface area contributed by atoms with Crippen LogP contribution in [0.5, 0.6) is 5.75 Å². The van der Waals surface area contributed by atoms with Crippen LogP contribution in [0.25, 0.3) is 22.4 Å². The van der Waals surface area contributed by atoms with Crippen LogP contribution in [-0.2, 0) is 23.9 Å². The summed E-state index contributed by atoms with van der Waals surface area (Å²) in [6.45, 7) is 7.54. The molecule has 1 saturated carbocycles. The van der Waals surface area contributed by atoms with E-state index in [1.807, 2.05) is 30.6 Å². The number of imidazole rings is 1. The largest absolute Gasteiger partial charge is 0.573 e. The van der Waals surface area contributed by atoms with Gasteiger partial charge >= 0.3 is 12.5 Å². The highest BCUT2D eigenvalue weighted by molar-refractivity contribution is 6.05. The van der Waals surface area contributed by atoms with Crippen molar-refractivity contribution in [2.75, 3.05) is 57.2 Å². The molecule has 3 saturated heterocycles. The van der Waals surface area contributed by atoms with Gasteiger partial charge in [0.2, 0.25) is 17.7 Å². The van der Waals surface area contributed by atoms with E-state index < -0.39 is 36.2 Å². The first kappa shape index (κ1) is 49.7. The molecule has 3 N–H and O–H groups in total. The van der Waals surface area contributed by atoms with E-state index in [2.05, 4.69) is 25.3 Å². The number of fused-ring (bicyclic) bond motifs is 1. The molecule has 3 aliphatic heterocycles. The van der Waals surface area contributed by atoms with Crippen molar-refractivity contribution >= 4 is 41.2 Å². The number of carbonyl (C=O) groups excluding carboxylic acids is 5. The maximum atomic E-state index is 14.2. The number of alkyl halides is 3. The minimum absolute atomic E-state index is 0.00804. The summed E-state index contributed by atoms with van der Waals surface area (Å²) in [6, 6.07) is 12.3. The fourth-order valence-corrected chi connectivity index (χ4v) is 10.5. The highest BCUT2D eigenvalue weighted by Gasteiger charge is 2.48. The van der Waals surface area contributed by atoms with E-state index >= 15 is 0 Å². The molecule has 5 amide bonds. The van der Waals surface area contributed by atoms with Gasteiger partial charge in [0.05, 0.1) is 36.9 Å². The molecule has 374 valence electrons. The molecule has 0 bridgehead atoms. The molecule has 4 aromatic rings. The van der Waals surface area contributed by atoms with E-state index in [1.165, 1.54) is 32.5 Å². The van der Waals surface area contributed by atoms with Crippen LogP contribution in [0.4, 0.5) is 29.5 Å². The van der Waals surface area contributed by atoms with Gasteiger partial charge in [0.1, 0.15) is 36.1 Å². The van der Waals surface area contributed by atoms with Crippen molar-refractivity contribution in [1.29, 1.82) is 0 Å². The number of alkyl carbamates (subject to hydrolysis) is 1. The van der Waals surface area contributed by atoms with Gasteiger partial charge in [0.15, 0.2) is 0 Å². The number of hydrogen-bond donors (Lipinski definition) is 3. The number of aromatic nitrogens is 3. The number of ether oxygens (including phenoxy) is 3. The number of carbonyl (C=O) groups is 5. The number of hydrogen-bond acceptors (Lipinski definition) is 11. The number of H-pyrrole nitrogens is 1. The third-order valence-corrected chi connectivity index (χ3v) is 14.0. The average Bonchev–Trinajstić information content (AvgIpc) is 4.12. The van der Waals surface area contributed by atoms with Crippen LogP contribution in [0.1, 0.15) is 87.9 Å². The fraction of sp³-hybridized carbons (Fsp3) is 0.500. The quantitative estimate of drug-likeness (QED) is 0.123. The van der Waals surface area contributed by atoms with Crippen LogP contribution in [0, 0.1) is 11.8 Å². The Morgan fingerprint density at radius 3 is 2.33 bits per heavy atom. The maximum Gasteiger partial charge on any atom is 0.573 e. The van der Waals surface area contributed by atoms with Crippen LogP contribution < -0.4 is 20.3 Å². The molecule has 2 aromatic heterocycles. The predicted molar refractivity (Wildman–Crippen MR) is 252 cm³/mol. The highest BCUT2D eigenvalue weighted by atomic mass is 19.4. The van der Waals surface area contributed by atoms with Crippen molar-refractivity contribution in [1.82, 2.24) is 35.0 Å². The first-order chi connectivity index (χ1) is 33.5. The summed E-state index contributed by atoms with van der Waals surface area (Å²) in [5.41, 5.74) is 2.10. The van der Waals surface area contributed by atoms with Gasteiger partial charge in [0.25, 0.3) is 5.91 Å². The number of methoxy groups -OCH3 is 2. The van der Waals surface area contributed by atoms with E-state index in [0.717, 1.165) is 44.6 Å². The fourth-order valence-electron chi connectivity index (χ4n) is 10.5. The van der Waals surface area contributed by atoms with Crippen LogP contribution >= 0.6 is 0 Å². The summed E-state index contributed by atoms with van der Waals surface area (Å²) in [6.07, 6.45) is 3.40. The first-order valence-electron chi connectivity index (χ1n) is 23.9. The lowest BCUT2D eigenvalue weighted by Crippen LogP contribution is -2.58. The standard InChI is InChI=1S/C50H60F3N9O8/c1-29(2)44(58-49(67)69-5)48(66)62-38-10-7-6-9-33(38)23-40(62)45-55-26-37(57-45)32-14-12-31(13-15-32)36-18-16-34(24-41(36)70-50(51,52)53)46(64)56-35-17-19-42(54-25-35)60-22-21-59(27-30(60)3)47(65)39-11-8-20-61(39)43(63)28-68-4/h12-19,24-26,29-30,33,38-40,44H,6-11,20-23,27-28H2,1-5H3,(H,55,57)(H,56,64)(H,58,67)/t30-,33+,38+,39?,40+,44+/m1/s1. The zero-order chi connectivity index (χ0) is 49.9. The topological polar surface area (TPSA) is 192 Å². The molecular weight excluding hydrogens is 912 g/mol. The van der Waals surface area contributed by atoms with Crippen molar-refractivity contribution in [3.63, 3.8) is 0 Å². The Morgan fingerprint density at radius 2 is 1.64 bits per heavy atom. The van der Waals surface area contributed by atoms with Gasteiger partial charge in [-0.15, -0.1) is 13.2 Å². The number of piperazine rings is 1. The zero-order valence-corrected chi connectivity index (χ0v) is 40.0.